The van der Waals surface area contributed by atoms with Gasteiger partial charge in [-0.15, -0.1) is 0 Å². The van der Waals surface area contributed by atoms with Crippen molar-refractivity contribution < 1.29 is 49.4 Å². The maximum absolute atomic E-state index is 11.0. The minimum atomic E-state index is -3.18. The Morgan fingerprint density at radius 3 is 1.47 bits per heavy atom. The van der Waals surface area contributed by atoms with Crippen molar-refractivity contribution in [3.8, 4) is 0 Å². The summed E-state index contributed by atoms with van der Waals surface area (Å²) in [5, 5.41) is 43.9. The molecule has 0 amide bonds. The Hall–Kier alpha value is -2.20. The number of ether oxygens (including phenoxy) is 1. The first-order valence-electron chi connectivity index (χ1n) is 4.79. The number of hydrogen-bond donors (Lipinski definition) is 5. The van der Waals surface area contributed by atoms with Gasteiger partial charge >= 0.3 is 23.9 Å². The summed E-state index contributed by atoms with van der Waals surface area (Å²) in [5.74, 6) is -8.40. The van der Waals surface area contributed by atoms with Crippen LogP contribution in [0.3, 0.4) is 0 Å². The van der Waals surface area contributed by atoms with E-state index in [-0.39, 0.29) is 0 Å². The lowest BCUT2D eigenvalue weighted by atomic mass is 9.97. The Morgan fingerprint density at radius 1 is 0.895 bits per heavy atom. The summed E-state index contributed by atoms with van der Waals surface area (Å²) in [4.78, 5) is 43.6. The summed E-state index contributed by atoms with van der Waals surface area (Å²) in [6.45, 7) is -0.469. The molecule has 0 radical (unpaired) electrons. The SMILES string of the molecule is CC(OC(CCO)(C(=O)O)C(=O)O)(C(=O)O)C(=O)O. The van der Waals surface area contributed by atoms with Gasteiger partial charge in [0.2, 0.25) is 0 Å². The number of carboxylic acids is 4. The van der Waals surface area contributed by atoms with Crippen LogP contribution in [-0.4, -0.2) is 67.2 Å². The fourth-order valence-electron chi connectivity index (χ4n) is 1.13. The minimum absolute atomic E-state index is 0.496. The first kappa shape index (κ1) is 16.8. The average Bonchev–Trinajstić information content (AvgIpc) is 2.26. The highest BCUT2D eigenvalue weighted by atomic mass is 16.6. The molecule has 0 aromatic carbocycles. The fourth-order valence-corrected chi connectivity index (χ4v) is 1.13. The molecule has 0 bridgehead atoms. The molecule has 0 aliphatic carbocycles. The highest BCUT2D eigenvalue weighted by Crippen LogP contribution is 2.26. The molecule has 108 valence electrons. The van der Waals surface area contributed by atoms with Gasteiger partial charge in [0.05, 0.1) is 0 Å². The lowest BCUT2D eigenvalue weighted by Gasteiger charge is -2.31. The van der Waals surface area contributed by atoms with E-state index in [0.717, 1.165) is 0 Å². The van der Waals surface area contributed by atoms with Crippen molar-refractivity contribution in [2.24, 2.45) is 0 Å². The zero-order chi connectivity index (χ0) is 15.4. The third kappa shape index (κ3) is 2.98. The van der Waals surface area contributed by atoms with Crippen molar-refractivity contribution in [1.29, 1.82) is 0 Å². The number of carbonyl (C=O) groups is 4. The molecule has 0 aliphatic rings. The van der Waals surface area contributed by atoms with Gasteiger partial charge in [-0.3, -0.25) is 0 Å². The van der Waals surface area contributed by atoms with E-state index >= 15 is 0 Å². The second kappa shape index (κ2) is 5.63. The number of hydrogen-bond acceptors (Lipinski definition) is 6. The molecule has 0 saturated heterocycles. The topological polar surface area (TPSA) is 179 Å². The first-order chi connectivity index (χ1) is 8.54. The predicted molar refractivity (Wildman–Crippen MR) is 54.5 cm³/mol. The van der Waals surface area contributed by atoms with Crippen molar-refractivity contribution in [1.82, 2.24) is 0 Å². The number of aliphatic hydroxyl groups excluding tert-OH is 1. The summed E-state index contributed by atoms with van der Waals surface area (Å²) in [5.41, 5.74) is -6.27. The van der Waals surface area contributed by atoms with Crippen LogP contribution in [0.2, 0.25) is 0 Å². The van der Waals surface area contributed by atoms with Gasteiger partial charge in [0, 0.05) is 13.0 Å². The maximum Gasteiger partial charge on any atom is 0.348 e. The maximum atomic E-state index is 11.0. The van der Waals surface area contributed by atoms with Crippen LogP contribution in [0.5, 0.6) is 0 Å². The summed E-state index contributed by atoms with van der Waals surface area (Å²) in [6.07, 6.45) is -1.02. The third-order valence-electron chi connectivity index (χ3n) is 2.35. The molecule has 5 N–H and O–H groups in total. The van der Waals surface area contributed by atoms with Crippen molar-refractivity contribution in [3.63, 3.8) is 0 Å². The summed E-state index contributed by atoms with van der Waals surface area (Å²) in [6, 6.07) is 0. The highest BCUT2D eigenvalue weighted by molar-refractivity contribution is 6.05. The van der Waals surface area contributed by atoms with Crippen LogP contribution in [-0.2, 0) is 23.9 Å². The van der Waals surface area contributed by atoms with Crippen molar-refractivity contribution >= 4 is 23.9 Å². The van der Waals surface area contributed by atoms with Gasteiger partial charge in [-0.1, -0.05) is 0 Å². The lowest BCUT2D eigenvalue weighted by Crippen LogP contribution is -2.59. The Morgan fingerprint density at radius 2 is 1.26 bits per heavy atom. The van der Waals surface area contributed by atoms with Gasteiger partial charge in [0.25, 0.3) is 11.2 Å². The summed E-state index contributed by atoms with van der Waals surface area (Å²) >= 11 is 0. The molecule has 0 heterocycles. The molecule has 0 rings (SSSR count). The Bertz CT molecular complexity index is 383. The second-order valence-corrected chi connectivity index (χ2v) is 3.66. The van der Waals surface area contributed by atoms with Crippen molar-refractivity contribution in [2.75, 3.05) is 6.61 Å². The van der Waals surface area contributed by atoms with Crippen LogP contribution in [0.1, 0.15) is 13.3 Å². The number of carboxylic acid groups (broad SMARTS) is 4. The van der Waals surface area contributed by atoms with E-state index in [0.29, 0.717) is 6.92 Å². The molecular weight excluding hydrogens is 268 g/mol. The highest BCUT2D eigenvalue weighted by Gasteiger charge is 2.57. The normalized spacial score (nSPS) is 11.9. The number of aliphatic carboxylic acids is 4. The van der Waals surface area contributed by atoms with Crippen LogP contribution < -0.4 is 0 Å². The van der Waals surface area contributed by atoms with Gasteiger partial charge < -0.3 is 30.3 Å². The first-order valence-corrected chi connectivity index (χ1v) is 4.79. The molecule has 0 saturated carbocycles. The summed E-state index contributed by atoms with van der Waals surface area (Å²) in [7, 11) is 0. The molecule has 10 nitrogen and oxygen atoms in total. The van der Waals surface area contributed by atoms with Crippen molar-refractivity contribution in [2.45, 2.75) is 24.5 Å². The second-order valence-electron chi connectivity index (χ2n) is 3.66. The molecule has 0 fully saturated rings. The molecule has 0 unspecified atom stereocenters. The zero-order valence-corrected chi connectivity index (χ0v) is 9.69. The Labute approximate surface area is 105 Å². The smallest absolute Gasteiger partial charge is 0.348 e. The standard InChI is InChI=1S/C9H12O10/c1-8(4(11)12,5(13)14)19-9(2-3-10,6(15)16)7(17)18/h10H,2-3H2,1H3,(H,11,12)(H,13,14)(H,15,16)(H,17,18). The van der Waals surface area contributed by atoms with Gasteiger partial charge in [0.1, 0.15) is 0 Å². The predicted octanol–water partition coefficient (Wildman–Crippen LogP) is -1.78. The number of rotatable bonds is 8. The largest absolute Gasteiger partial charge is 0.479 e. The van der Waals surface area contributed by atoms with E-state index in [1.165, 1.54) is 0 Å². The molecular formula is C9H12O10. The molecule has 10 heteroatoms. The molecule has 0 atom stereocenters. The average molecular weight is 280 g/mol. The van der Waals surface area contributed by atoms with Gasteiger partial charge in [-0.25, -0.2) is 19.2 Å². The van der Waals surface area contributed by atoms with E-state index in [1.807, 2.05) is 0 Å². The van der Waals surface area contributed by atoms with Crippen LogP contribution in [0.4, 0.5) is 0 Å². The molecule has 0 aromatic heterocycles. The van der Waals surface area contributed by atoms with Crippen molar-refractivity contribution in [3.05, 3.63) is 0 Å². The van der Waals surface area contributed by atoms with Gasteiger partial charge in [0.15, 0.2) is 0 Å². The van der Waals surface area contributed by atoms with E-state index in [4.69, 9.17) is 25.5 Å². The lowest BCUT2D eigenvalue weighted by molar-refractivity contribution is -0.217. The van der Waals surface area contributed by atoms with E-state index in [2.05, 4.69) is 4.74 Å². The Balaban J connectivity index is 5.79. The van der Waals surface area contributed by atoms with E-state index in [9.17, 15) is 19.2 Å². The molecule has 0 spiro atoms. The van der Waals surface area contributed by atoms with Gasteiger partial charge in [-0.2, -0.15) is 0 Å². The van der Waals surface area contributed by atoms with Crippen LogP contribution in [0.15, 0.2) is 0 Å². The van der Waals surface area contributed by atoms with E-state index < -0.39 is 48.1 Å². The number of aliphatic hydroxyl groups is 1. The molecule has 0 aliphatic heterocycles. The zero-order valence-electron chi connectivity index (χ0n) is 9.69. The summed E-state index contributed by atoms with van der Waals surface area (Å²) < 4.78 is 4.35. The fraction of sp³-hybridized carbons (Fsp3) is 0.556. The van der Waals surface area contributed by atoms with Crippen LogP contribution in [0, 0.1) is 0 Å². The monoisotopic (exact) mass is 280 g/mol. The van der Waals surface area contributed by atoms with Gasteiger partial charge in [-0.05, 0) is 6.92 Å². The third-order valence-corrected chi connectivity index (χ3v) is 2.35. The van der Waals surface area contributed by atoms with E-state index in [1.54, 1.807) is 0 Å². The van der Waals surface area contributed by atoms with Crippen LogP contribution in [0.25, 0.3) is 0 Å². The quantitative estimate of drug-likeness (QED) is 0.319. The molecule has 0 aromatic rings. The molecule has 19 heavy (non-hydrogen) atoms. The van der Waals surface area contributed by atoms with Crippen LogP contribution >= 0.6 is 0 Å². The Kier molecular flexibility index (Phi) is 4.98. The minimum Gasteiger partial charge on any atom is -0.479 e.